The second-order valence-corrected chi connectivity index (χ2v) is 8.58. The van der Waals surface area contributed by atoms with Crippen LogP contribution in [0.1, 0.15) is 5.69 Å². The lowest BCUT2D eigenvalue weighted by atomic mass is 10.1. The van der Waals surface area contributed by atoms with Crippen LogP contribution >= 0.6 is 15.9 Å². The molecule has 2 aromatic heterocycles. The Morgan fingerprint density at radius 1 is 0.914 bits per heavy atom. The normalized spacial score (nSPS) is 10.8. The summed E-state index contributed by atoms with van der Waals surface area (Å²) in [6.07, 6.45) is 1.42. The van der Waals surface area contributed by atoms with Crippen LogP contribution in [0.3, 0.4) is 0 Å². The standard InChI is InChI=1S/C27H20BrFN4O2/c1-34-25-13-20-24(30-16-31-27(20)33-23-11-10-18(28)12-21(23)29)14-26(25)35-15-19-8-5-9-22(32-19)17-6-3-2-4-7-17/h2-14,16H,15H2,1H3,(H,30,31,33). The summed E-state index contributed by atoms with van der Waals surface area (Å²) in [4.78, 5) is 13.4. The Kier molecular flexibility index (Phi) is 6.54. The van der Waals surface area contributed by atoms with Gasteiger partial charge in [0.2, 0.25) is 0 Å². The van der Waals surface area contributed by atoms with Crippen molar-refractivity contribution in [1.82, 2.24) is 15.0 Å². The maximum atomic E-state index is 14.4. The molecule has 3 aromatic carbocycles. The lowest BCUT2D eigenvalue weighted by Gasteiger charge is -2.14. The van der Waals surface area contributed by atoms with Gasteiger partial charge in [-0.2, -0.15) is 0 Å². The molecule has 0 atom stereocenters. The molecule has 0 saturated heterocycles. The van der Waals surface area contributed by atoms with Crippen LogP contribution in [0.5, 0.6) is 11.5 Å². The van der Waals surface area contributed by atoms with Crippen molar-refractivity contribution in [3.63, 3.8) is 0 Å². The summed E-state index contributed by atoms with van der Waals surface area (Å²) in [5, 5.41) is 3.71. The van der Waals surface area contributed by atoms with E-state index in [1.165, 1.54) is 12.4 Å². The topological polar surface area (TPSA) is 69.2 Å². The van der Waals surface area contributed by atoms with E-state index in [2.05, 4.69) is 31.2 Å². The van der Waals surface area contributed by atoms with Gasteiger partial charge in [-0.1, -0.05) is 52.3 Å². The Morgan fingerprint density at radius 3 is 2.57 bits per heavy atom. The number of nitrogens with zero attached hydrogens (tertiary/aromatic N) is 3. The fourth-order valence-corrected chi connectivity index (χ4v) is 3.97. The van der Waals surface area contributed by atoms with E-state index in [9.17, 15) is 4.39 Å². The summed E-state index contributed by atoms with van der Waals surface area (Å²) >= 11 is 3.27. The smallest absolute Gasteiger partial charge is 0.163 e. The van der Waals surface area contributed by atoms with E-state index >= 15 is 0 Å². The highest BCUT2D eigenvalue weighted by Gasteiger charge is 2.14. The number of anilines is 2. The third-order valence-electron chi connectivity index (χ3n) is 5.36. The number of ether oxygens (including phenoxy) is 2. The molecule has 0 aliphatic heterocycles. The summed E-state index contributed by atoms with van der Waals surface area (Å²) in [7, 11) is 1.56. The van der Waals surface area contributed by atoms with Crippen LogP contribution in [-0.2, 0) is 6.61 Å². The first-order valence-electron chi connectivity index (χ1n) is 10.8. The number of methoxy groups -OCH3 is 1. The number of aromatic nitrogens is 3. The lowest BCUT2D eigenvalue weighted by molar-refractivity contribution is 0.281. The molecular weight excluding hydrogens is 511 g/mol. The van der Waals surface area contributed by atoms with Gasteiger partial charge in [-0.25, -0.2) is 19.3 Å². The highest BCUT2D eigenvalue weighted by atomic mass is 79.9. The Bertz CT molecular complexity index is 1500. The van der Waals surface area contributed by atoms with Crippen molar-refractivity contribution in [3.05, 3.63) is 101 Å². The molecule has 0 amide bonds. The number of halogens is 2. The van der Waals surface area contributed by atoms with Gasteiger partial charge in [0, 0.05) is 21.5 Å². The molecular formula is C27H20BrFN4O2. The van der Waals surface area contributed by atoms with Gasteiger partial charge in [0.15, 0.2) is 11.5 Å². The average molecular weight is 531 g/mol. The zero-order valence-electron chi connectivity index (χ0n) is 18.7. The Morgan fingerprint density at radius 2 is 1.77 bits per heavy atom. The molecule has 0 aliphatic carbocycles. The lowest BCUT2D eigenvalue weighted by Crippen LogP contribution is -2.02. The number of fused-ring (bicyclic) bond motifs is 1. The van der Waals surface area contributed by atoms with Crippen molar-refractivity contribution < 1.29 is 13.9 Å². The molecule has 0 fully saturated rings. The van der Waals surface area contributed by atoms with Crippen molar-refractivity contribution in [1.29, 1.82) is 0 Å². The number of benzene rings is 3. The Hall–Kier alpha value is -4.04. The quantitative estimate of drug-likeness (QED) is 0.246. The van der Waals surface area contributed by atoms with Crippen molar-refractivity contribution in [2.75, 3.05) is 12.4 Å². The van der Waals surface area contributed by atoms with Gasteiger partial charge in [0.05, 0.1) is 29.7 Å². The zero-order valence-corrected chi connectivity index (χ0v) is 20.3. The molecule has 0 spiro atoms. The predicted octanol–water partition coefficient (Wildman–Crippen LogP) is 6.92. The summed E-state index contributed by atoms with van der Waals surface area (Å²) < 4.78 is 26.7. The summed E-state index contributed by atoms with van der Waals surface area (Å²) in [5.74, 6) is 1.08. The minimum atomic E-state index is -0.400. The molecule has 35 heavy (non-hydrogen) atoms. The minimum absolute atomic E-state index is 0.253. The van der Waals surface area contributed by atoms with Gasteiger partial charge >= 0.3 is 0 Å². The molecule has 6 nitrogen and oxygen atoms in total. The number of hydrogen-bond donors (Lipinski definition) is 1. The summed E-state index contributed by atoms with van der Waals surface area (Å²) in [6.45, 7) is 0.253. The van der Waals surface area contributed by atoms with Crippen LogP contribution < -0.4 is 14.8 Å². The number of pyridine rings is 1. The number of hydrogen-bond acceptors (Lipinski definition) is 6. The van der Waals surface area contributed by atoms with Gasteiger partial charge in [-0.05, 0) is 36.4 Å². The maximum Gasteiger partial charge on any atom is 0.163 e. The van der Waals surface area contributed by atoms with Crippen LogP contribution in [0, 0.1) is 5.82 Å². The Labute approximate surface area is 209 Å². The molecule has 2 heterocycles. The van der Waals surface area contributed by atoms with E-state index in [-0.39, 0.29) is 6.61 Å². The van der Waals surface area contributed by atoms with E-state index in [0.29, 0.717) is 38.4 Å². The van der Waals surface area contributed by atoms with Crippen molar-refractivity contribution in [3.8, 4) is 22.8 Å². The molecule has 0 radical (unpaired) electrons. The highest BCUT2D eigenvalue weighted by Crippen LogP contribution is 2.35. The third-order valence-corrected chi connectivity index (χ3v) is 5.85. The van der Waals surface area contributed by atoms with Crippen molar-refractivity contribution in [2.24, 2.45) is 0 Å². The van der Waals surface area contributed by atoms with Crippen LogP contribution in [0.2, 0.25) is 0 Å². The van der Waals surface area contributed by atoms with Gasteiger partial charge in [0.1, 0.15) is 24.6 Å². The van der Waals surface area contributed by atoms with Crippen LogP contribution in [0.15, 0.2) is 89.7 Å². The van der Waals surface area contributed by atoms with Gasteiger partial charge in [-0.3, -0.25) is 0 Å². The monoisotopic (exact) mass is 530 g/mol. The second kappa shape index (κ2) is 10.1. The largest absolute Gasteiger partial charge is 0.493 e. The fraction of sp³-hybridized carbons (Fsp3) is 0.0741. The van der Waals surface area contributed by atoms with Gasteiger partial charge < -0.3 is 14.8 Å². The molecule has 0 unspecified atom stereocenters. The van der Waals surface area contributed by atoms with Crippen LogP contribution in [0.4, 0.5) is 15.9 Å². The van der Waals surface area contributed by atoms with Crippen LogP contribution in [0.25, 0.3) is 22.2 Å². The third kappa shape index (κ3) is 5.07. The average Bonchev–Trinajstić information content (AvgIpc) is 2.89. The van der Waals surface area contributed by atoms with Gasteiger partial charge in [-0.15, -0.1) is 0 Å². The number of nitrogens with one attached hydrogen (secondary N) is 1. The molecule has 0 bridgehead atoms. The van der Waals surface area contributed by atoms with Crippen molar-refractivity contribution in [2.45, 2.75) is 6.61 Å². The van der Waals surface area contributed by atoms with E-state index < -0.39 is 5.82 Å². The summed E-state index contributed by atoms with van der Waals surface area (Å²) in [6, 6.07) is 24.1. The van der Waals surface area contributed by atoms with E-state index in [0.717, 1.165) is 17.0 Å². The summed E-state index contributed by atoms with van der Waals surface area (Å²) in [5.41, 5.74) is 3.63. The molecule has 1 N–H and O–H groups in total. The fourth-order valence-electron chi connectivity index (χ4n) is 3.64. The predicted molar refractivity (Wildman–Crippen MR) is 137 cm³/mol. The van der Waals surface area contributed by atoms with Gasteiger partial charge in [0.25, 0.3) is 0 Å². The SMILES string of the molecule is COc1cc2c(Nc3ccc(Br)cc3F)ncnc2cc1OCc1cccc(-c2ccccc2)n1. The zero-order chi connectivity index (χ0) is 24.2. The molecule has 5 aromatic rings. The molecule has 174 valence electrons. The van der Waals surface area contributed by atoms with Crippen molar-refractivity contribution >= 4 is 38.3 Å². The van der Waals surface area contributed by atoms with E-state index in [1.807, 2.05) is 48.5 Å². The molecule has 8 heteroatoms. The minimum Gasteiger partial charge on any atom is -0.493 e. The Balaban J connectivity index is 1.41. The maximum absolute atomic E-state index is 14.4. The molecule has 5 rings (SSSR count). The second-order valence-electron chi connectivity index (χ2n) is 7.66. The molecule has 0 aliphatic rings. The first kappa shape index (κ1) is 22.7. The molecule has 0 saturated carbocycles. The highest BCUT2D eigenvalue weighted by molar-refractivity contribution is 9.10. The first-order valence-corrected chi connectivity index (χ1v) is 11.6. The van der Waals surface area contributed by atoms with E-state index in [4.69, 9.17) is 14.5 Å². The van der Waals surface area contributed by atoms with Crippen LogP contribution in [-0.4, -0.2) is 22.1 Å². The first-order chi connectivity index (χ1) is 17.1. The van der Waals surface area contributed by atoms with E-state index in [1.54, 1.807) is 31.4 Å². The number of rotatable bonds is 7.